The highest BCUT2D eigenvalue weighted by molar-refractivity contribution is 7.99. The van der Waals surface area contributed by atoms with Crippen molar-refractivity contribution in [2.24, 2.45) is 5.92 Å². The maximum absolute atomic E-state index is 12.2. The molecule has 1 unspecified atom stereocenters. The molecule has 3 aliphatic heterocycles. The fourth-order valence-corrected chi connectivity index (χ4v) is 3.57. The van der Waals surface area contributed by atoms with Crippen molar-refractivity contribution in [3.8, 4) is 0 Å². The zero-order chi connectivity index (χ0) is 13.2. The van der Waals surface area contributed by atoms with E-state index in [0.29, 0.717) is 22.7 Å². The van der Waals surface area contributed by atoms with Gasteiger partial charge in [-0.1, -0.05) is 11.8 Å². The average molecular weight is 284 g/mol. The largest absolute Gasteiger partial charge is 0.381 e. The molecule has 3 saturated heterocycles. The summed E-state index contributed by atoms with van der Waals surface area (Å²) in [6, 6.07) is 7.85. The molecule has 1 aromatic rings. The molecule has 4 rings (SSSR count). The lowest BCUT2D eigenvalue weighted by molar-refractivity contribution is 0.0975. The molecule has 104 valence electrons. The maximum Gasteiger partial charge on any atom is 0.288 e. The summed E-state index contributed by atoms with van der Waals surface area (Å²) in [7, 11) is 0. The Morgan fingerprint density at radius 3 is 2.37 bits per heavy atom. The van der Waals surface area contributed by atoms with E-state index in [1.165, 1.54) is 25.9 Å². The van der Waals surface area contributed by atoms with Crippen molar-refractivity contribution in [2.75, 3.05) is 25.0 Å². The van der Waals surface area contributed by atoms with E-state index < -0.39 is 5.76 Å². The van der Waals surface area contributed by atoms with Crippen LogP contribution < -0.4 is 5.32 Å². The lowest BCUT2D eigenvalue weighted by Crippen LogP contribution is -2.53. The van der Waals surface area contributed by atoms with Crippen LogP contribution in [0.25, 0.3) is 0 Å². The van der Waals surface area contributed by atoms with Crippen LogP contribution in [0, 0.1) is 5.92 Å². The van der Waals surface area contributed by atoms with E-state index in [2.05, 4.69) is 10.2 Å². The van der Waals surface area contributed by atoms with Gasteiger partial charge in [0.05, 0.1) is 0 Å². The minimum absolute atomic E-state index is 0.510. The lowest BCUT2D eigenvalue weighted by atomic mass is 9.84. The monoisotopic (exact) mass is 284 g/mol. The molecule has 3 fully saturated rings. The molecule has 1 atom stereocenters. The molecule has 0 spiro atoms. The molecule has 5 heteroatoms. The zero-order valence-electron chi connectivity index (χ0n) is 10.7. The maximum atomic E-state index is 12.2. The predicted molar refractivity (Wildman–Crippen MR) is 74.9 cm³/mol. The summed E-state index contributed by atoms with van der Waals surface area (Å²) >= 11 is 0.596. The van der Waals surface area contributed by atoms with Gasteiger partial charge in [-0.15, -0.1) is 0 Å². The van der Waals surface area contributed by atoms with Crippen molar-refractivity contribution < 1.29 is 8.78 Å². The van der Waals surface area contributed by atoms with Gasteiger partial charge in [0.25, 0.3) is 5.76 Å². The van der Waals surface area contributed by atoms with Gasteiger partial charge in [-0.2, -0.15) is 8.78 Å². The van der Waals surface area contributed by atoms with Crippen LogP contribution in [0.3, 0.4) is 0 Å². The van der Waals surface area contributed by atoms with Gasteiger partial charge in [0, 0.05) is 23.2 Å². The Kier molecular flexibility index (Phi) is 3.93. The van der Waals surface area contributed by atoms with Gasteiger partial charge in [0.1, 0.15) is 0 Å². The Morgan fingerprint density at radius 2 is 1.84 bits per heavy atom. The smallest absolute Gasteiger partial charge is 0.288 e. The molecule has 2 nitrogen and oxygen atoms in total. The molecular weight excluding hydrogens is 266 g/mol. The Hall–Kier alpha value is -0.810. The molecule has 1 aromatic carbocycles. The number of nitrogens with zero attached hydrogens (tertiary/aromatic N) is 1. The summed E-state index contributed by atoms with van der Waals surface area (Å²) in [5.41, 5.74) is 1.04. The van der Waals surface area contributed by atoms with Crippen molar-refractivity contribution in [1.82, 2.24) is 4.90 Å². The number of hydrogen-bond acceptors (Lipinski definition) is 3. The predicted octanol–water partition coefficient (Wildman–Crippen LogP) is 3.51. The van der Waals surface area contributed by atoms with Crippen molar-refractivity contribution in [1.29, 1.82) is 0 Å². The van der Waals surface area contributed by atoms with Gasteiger partial charge < -0.3 is 10.2 Å². The molecule has 3 heterocycles. The SMILES string of the molecule is FC(F)Sc1ccc(NC2CN3CCC2CC3)cc1. The lowest BCUT2D eigenvalue weighted by Gasteiger charge is -2.45. The van der Waals surface area contributed by atoms with Crippen molar-refractivity contribution in [3.05, 3.63) is 24.3 Å². The molecule has 0 saturated carbocycles. The fraction of sp³-hybridized carbons (Fsp3) is 0.571. The summed E-state index contributed by atoms with van der Waals surface area (Å²) in [4.78, 5) is 3.12. The van der Waals surface area contributed by atoms with E-state index in [0.717, 1.165) is 18.2 Å². The van der Waals surface area contributed by atoms with Gasteiger partial charge in [-0.3, -0.25) is 0 Å². The third-order valence-electron chi connectivity index (χ3n) is 4.09. The van der Waals surface area contributed by atoms with Crippen LogP contribution in [0.5, 0.6) is 0 Å². The first-order valence-corrected chi connectivity index (χ1v) is 7.62. The Bertz CT molecular complexity index is 416. The normalized spacial score (nSPS) is 29.7. The van der Waals surface area contributed by atoms with Crippen LogP contribution in [-0.4, -0.2) is 36.3 Å². The number of hydrogen-bond donors (Lipinski definition) is 1. The summed E-state index contributed by atoms with van der Waals surface area (Å²) < 4.78 is 24.5. The van der Waals surface area contributed by atoms with Gasteiger partial charge >= 0.3 is 0 Å². The van der Waals surface area contributed by atoms with E-state index in [1.807, 2.05) is 12.1 Å². The number of thioether (sulfide) groups is 1. The van der Waals surface area contributed by atoms with Crippen LogP contribution in [0.2, 0.25) is 0 Å². The van der Waals surface area contributed by atoms with Crippen molar-refractivity contribution in [3.63, 3.8) is 0 Å². The van der Waals surface area contributed by atoms with E-state index in [9.17, 15) is 8.78 Å². The number of fused-ring (bicyclic) bond motifs is 3. The quantitative estimate of drug-likeness (QED) is 0.852. The Morgan fingerprint density at radius 1 is 1.16 bits per heavy atom. The summed E-state index contributed by atoms with van der Waals surface area (Å²) in [5.74, 6) is -1.58. The second-order valence-electron chi connectivity index (χ2n) is 5.29. The van der Waals surface area contributed by atoms with Gasteiger partial charge in [-0.05, 0) is 56.1 Å². The second-order valence-corrected chi connectivity index (χ2v) is 6.36. The minimum atomic E-state index is -2.35. The van der Waals surface area contributed by atoms with Gasteiger partial charge in [0.15, 0.2) is 0 Å². The first-order valence-electron chi connectivity index (χ1n) is 6.74. The van der Waals surface area contributed by atoms with Crippen molar-refractivity contribution in [2.45, 2.75) is 29.5 Å². The van der Waals surface area contributed by atoms with Crippen molar-refractivity contribution >= 4 is 17.4 Å². The van der Waals surface area contributed by atoms with Crippen LogP contribution >= 0.6 is 11.8 Å². The summed E-state index contributed by atoms with van der Waals surface area (Å²) in [6.45, 7) is 3.57. The van der Waals surface area contributed by atoms with E-state index >= 15 is 0 Å². The molecular formula is C14H18F2N2S. The van der Waals surface area contributed by atoms with E-state index in [-0.39, 0.29) is 0 Å². The summed E-state index contributed by atoms with van der Waals surface area (Å²) in [5, 5.41) is 3.55. The highest BCUT2D eigenvalue weighted by atomic mass is 32.2. The van der Waals surface area contributed by atoms with E-state index in [1.54, 1.807) is 12.1 Å². The summed E-state index contributed by atoms with van der Waals surface area (Å²) in [6.07, 6.45) is 2.55. The number of alkyl halides is 2. The van der Waals surface area contributed by atoms with Crippen LogP contribution in [-0.2, 0) is 0 Å². The standard InChI is InChI=1S/C14H18F2N2S/c15-14(16)19-12-3-1-11(2-4-12)17-13-9-18-7-5-10(13)6-8-18/h1-4,10,13-14,17H,5-9H2. The molecule has 19 heavy (non-hydrogen) atoms. The van der Waals surface area contributed by atoms with E-state index in [4.69, 9.17) is 0 Å². The number of piperidine rings is 3. The Labute approximate surface area is 116 Å². The highest BCUT2D eigenvalue weighted by Crippen LogP contribution is 2.31. The van der Waals surface area contributed by atoms with Crippen LogP contribution in [0.4, 0.5) is 14.5 Å². The average Bonchev–Trinajstić information content (AvgIpc) is 2.42. The molecule has 2 bridgehead atoms. The first-order chi connectivity index (χ1) is 9.20. The fourth-order valence-electron chi connectivity index (χ4n) is 3.08. The molecule has 0 amide bonds. The van der Waals surface area contributed by atoms with Crippen LogP contribution in [0.1, 0.15) is 12.8 Å². The number of nitrogens with one attached hydrogen (secondary N) is 1. The number of benzene rings is 1. The first kappa shape index (κ1) is 13.2. The second kappa shape index (κ2) is 5.67. The Balaban J connectivity index is 1.60. The third-order valence-corrected chi connectivity index (χ3v) is 4.81. The topological polar surface area (TPSA) is 15.3 Å². The number of rotatable bonds is 4. The molecule has 3 aliphatic rings. The molecule has 1 N–H and O–H groups in total. The third kappa shape index (κ3) is 3.20. The highest BCUT2D eigenvalue weighted by Gasteiger charge is 2.33. The van der Waals surface area contributed by atoms with Gasteiger partial charge in [-0.25, -0.2) is 0 Å². The molecule has 0 radical (unpaired) electrons. The minimum Gasteiger partial charge on any atom is -0.381 e. The van der Waals surface area contributed by atoms with Crippen LogP contribution in [0.15, 0.2) is 29.2 Å². The van der Waals surface area contributed by atoms with Gasteiger partial charge in [0.2, 0.25) is 0 Å². The number of halogens is 2. The molecule has 0 aromatic heterocycles. The number of anilines is 1. The zero-order valence-corrected chi connectivity index (χ0v) is 11.5. The molecule has 0 aliphatic carbocycles.